The molecule has 7 heteroatoms. The smallest absolute Gasteiger partial charge is 0.191 e. The lowest BCUT2D eigenvalue weighted by Crippen LogP contribution is -2.43. The number of aryl methyl sites for hydroxylation is 3. The van der Waals surface area contributed by atoms with Crippen LogP contribution in [-0.2, 0) is 26.3 Å². The van der Waals surface area contributed by atoms with Crippen molar-refractivity contribution in [1.82, 2.24) is 25.4 Å². The van der Waals surface area contributed by atoms with Gasteiger partial charge < -0.3 is 15.6 Å². The van der Waals surface area contributed by atoms with E-state index < -0.39 is 0 Å². The highest BCUT2D eigenvalue weighted by molar-refractivity contribution is 14.0. The van der Waals surface area contributed by atoms with Gasteiger partial charge in [-0.3, -0.25) is 9.67 Å². The van der Waals surface area contributed by atoms with Crippen molar-refractivity contribution in [3.63, 3.8) is 0 Å². The molecule has 0 aliphatic heterocycles. The van der Waals surface area contributed by atoms with Gasteiger partial charge in [0, 0.05) is 49.0 Å². The molecule has 0 saturated heterocycles. The number of hydrogen-bond acceptors (Lipinski definition) is 2. The number of rotatable bonds is 8. The zero-order valence-electron chi connectivity index (χ0n) is 19.7. The van der Waals surface area contributed by atoms with Gasteiger partial charge in [0.25, 0.3) is 0 Å². The van der Waals surface area contributed by atoms with Crippen molar-refractivity contribution >= 4 is 40.8 Å². The Labute approximate surface area is 203 Å². The van der Waals surface area contributed by atoms with Crippen LogP contribution < -0.4 is 10.6 Å². The molecule has 0 radical (unpaired) electrons. The third-order valence-corrected chi connectivity index (χ3v) is 5.82. The molecule has 0 fully saturated rings. The Balaban J connectivity index is 0.00000341. The van der Waals surface area contributed by atoms with Crippen molar-refractivity contribution in [2.45, 2.75) is 59.9 Å². The van der Waals surface area contributed by atoms with Crippen molar-refractivity contribution in [2.75, 3.05) is 13.1 Å². The predicted molar refractivity (Wildman–Crippen MR) is 142 cm³/mol. The van der Waals surface area contributed by atoms with Crippen LogP contribution in [0.1, 0.15) is 48.8 Å². The predicted octanol–water partition coefficient (Wildman–Crippen LogP) is 4.43. The largest absolute Gasteiger partial charge is 0.361 e. The molecule has 3 rings (SSSR count). The number of H-pyrrole nitrogens is 1. The average molecular weight is 537 g/mol. The van der Waals surface area contributed by atoms with Gasteiger partial charge >= 0.3 is 0 Å². The van der Waals surface area contributed by atoms with Gasteiger partial charge in [-0.1, -0.05) is 25.1 Å². The summed E-state index contributed by atoms with van der Waals surface area (Å²) in [7, 11) is 2.00. The number of nitrogens with zero attached hydrogens (tertiary/aromatic N) is 3. The molecule has 2 aromatic heterocycles. The van der Waals surface area contributed by atoms with Gasteiger partial charge in [-0.25, -0.2) is 0 Å². The Bertz CT molecular complexity index is 1020. The number of fused-ring (bicyclic) bond motifs is 1. The van der Waals surface area contributed by atoms with E-state index in [1.165, 1.54) is 33.3 Å². The van der Waals surface area contributed by atoms with Crippen molar-refractivity contribution < 1.29 is 0 Å². The summed E-state index contributed by atoms with van der Waals surface area (Å²) in [6.07, 6.45) is 5.02. The lowest BCUT2D eigenvalue weighted by molar-refractivity contribution is 0.636. The van der Waals surface area contributed by atoms with Gasteiger partial charge in [0.05, 0.1) is 5.69 Å². The first-order chi connectivity index (χ1) is 14.4. The van der Waals surface area contributed by atoms with Crippen LogP contribution in [0.3, 0.4) is 0 Å². The first-order valence-corrected chi connectivity index (χ1v) is 11.1. The Morgan fingerprint density at radius 1 is 1.23 bits per heavy atom. The number of hydrogen-bond donors (Lipinski definition) is 3. The summed E-state index contributed by atoms with van der Waals surface area (Å²) >= 11 is 0. The lowest BCUT2D eigenvalue weighted by Gasteiger charge is -2.18. The standard InChI is InChI=1S/C24H36N6.HI/c1-7-19-10-9-11-21-20(15-27-23(19)21)12-13-26-24(25-8-2)28-16(3)14-22-17(4)29-30(6)18(22)5;/h9-11,15-16,27H,7-8,12-14H2,1-6H3,(H2,25,26,28);1H. The summed E-state index contributed by atoms with van der Waals surface area (Å²) in [4.78, 5) is 8.28. The first kappa shape index (κ1) is 25.2. The zero-order chi connectivity index (χ0) is 21.7. The molecule has 3 aromatic rings. The van der Waals surface area contributed by atoms with E-state index in [2.05, 4.69) is 79.7 Å². The Kier molecular flexibility index (Phi) is 9.40. The minimum atomic E-state index is 0. The molecule has 0 saturated carbocycles. The molecule has 170 valence electrons. The Hall–Kier alpha value is -2.03. The second kappa shape index (κ2) is 11.5. The summed E-state index contributed by atoms with van der Waals surface area (Å²) in [5.74, 6) is 0.873. The van der Waals surface area contributed by atoms with E-state index >= 15 is 0 Å². The lowest BCUT2D eigenvalue weighted by atomic mass is 10.1. The number of aromatic amines is 1. The van der Waals surface area contributed by atoms with E-state index in [0.717, 1.165) is 44.0 Å². The van der Waals surface area contributed by atoms with E-state index in [1.807, 2.05) is 11.7 Å². The average Bonchev–Trinajstić information content (AvgIpc) is 3.24. The molecule has 1 unspecified atom stereocenters. The maximum atomic E-state index is 4.83. The fourth-order valence-corrected chi connectivity index (χ4v) is 4.09. The molecule has 0 bridgehead atoms. The molecular formula is C24H37IN6. The van der Waals surface area contributed by atoms with Crippen molar-refractivity contribution in [3.8, 4) is 0 Å². The van der Waals surface area contributed by atoms with Crippen LogP contribution in [0.5, 0.6) is 0 Å². The van der Waals surface area contributed by atoms with Crippen molar-refractivity contribution in [1.29, 1.82) is 0 Å². The third-order valence-electron chi connectivity index (χ3n) is 5.82. The molecular weight excluding hydrogens is 499 g/mol. The van der Waals surface area contributed by atoms with E-state index in [1.54, 1.807) is 0 Å². The monoisotopic (exact) mass is 536 g/mol. The van der Waals surface area contributed by atoms with Crippen molar-refractivity contribution in [3.05, 3.63) is 52.5 Å². The van der Waals surface area contributed by atoms with Crippen molar-refractivity contribution in [2.24, 2.45) is 12.0 Å². The van der Waals surface area contributed by atoms with E-state index in [9.17, 15) is 0 Å². The quantitative estimate of drug-likeness (QED) is 0.227. The van der Waals surface area contributed by atoms with E-state index in [0.29, 0.717) is 0 Å². The molecule has 2 heterocycles. The third kappa shape index (κ3) is 6.02. The highest BCUT2D eigenvalue weighted by atomic mass is 127. The van der Waals surface area contributed by atoms with Gasteiger partial charge in [0.1, 0.15) is 0 Å². The Morgan fingerprint density at radius 3 is 2.65 bits per heavy atom. The fourth-order valence-electron chi connectivity index (χ4n) is 4.09. The summed E-state index contributed by atoms with van der Waals surface area (Å²) in [5.41, 5.74) is 7.62. The number of nitrogens with one attached hydrogen (secondary N) is 3. The van der Waals surface area contributed by atoms with Gasteiger partial charge in [0.2, 0.25) is 0 Å². The first-order valence-electron chi connectivity index (χ1n) is 11.1. The number of halogens is 1. The molecule has 1 atom stereocenters. The van der Waals surface area contributed by atoms with E-state index in [-0.39, 0.29) is 30.0 Å². The number of para-hydroxylation sites is 1. The Morgan fingerprint density at radius 2 is 2.00 bits per heavy atom. The number of aliphatic imine (C=N–C) groups is 1. The van der Waals surface area contributed by atoms with Crippen LogP contribution in [0.4, 0.5) is 0 Å². The van der Waals surface area contributed by atoms with Crippen LogP contribution in [0, 0.1) is 13.8 Å². The number of guanidine groups is 1. The minimum Gasteiger partial charge on any atom is -0.361 e. The summed E-state index contributed by atoms with van der Waals surface area (Å²) < 4.78 is 1.96. The van der Waals surface area contributed by atoms with E-state index in [4.69, 9.17) is 4.99 Å². The van der Waals surface area contributed by atoms with Crippen LogP contribution in [-0.4, -0.2) is 39.9 Å². The topological polar surface area (TPSA) is 70.0 Å². The SMILES string of the molecule is CCNC(=NCCc1c[nH]c2c(CC)cccc12)NC(C)Cc1c(C)nn(C)c1C.I. The molecule has 1 aromatic carbocycles. The number of benzene rings is 1. The highest BCUT2D eigenvalue weighted by Crippen LogP contribution is 2.22. The van der Waals surface area contributed by atoms with Crippen LogP contribution in [0.2, 0.25) is 0 Å². The van der Waals surface area contributed by atoms with Gasteiger partial charge in [-0.05, 0) is 63.6 Å². The zero-order valence-corrected chi connectivity index (χ0v) is 22.0. The van der Waals surface area contributed by atoms with Gasteiger partial charge in [0.15, 0.2) is 5.96 Å². The van der Waals surface area contributed by atoms with Gasteiger partial charge in [-0.15, -0.1) is 24.0 Å². The molecule has 0 amide bonds. The molecule has 3 N–H and O–H groups in total. The highest BCUT2D eigenvalue weighted by Gasteiger charge is 2.14. The molecule has 6 nitrogen and oxygen atoms in total. The number of aromatic nitrogens is 3. The second-order valence-electron chi connectivity index (χ2n) is 8.04. The summed E-state index contributed by atoms with van der Waals surface area (Å²) in [5, 5.41) is 12.8. The molecule has 0 spiro atoms. The normalized spacial score (nSPS) is 12.6. The van der Waals surface area contributed by atoms with Crippen LogP contribution in [0.15, 0.2) is 29.4 Å². The fraction of sp³-hybridized carbons (Fsp3) is 0.500. The molecule has 0 aliphatic carbocycles. The maximum Gasteiger partial charge on any atom is 0.191 e. The minimum absolute atomic E-state index is 0. The van der Waals surface area contributed by atoms with Crippen LogP contribution in [0.25, 0.3) is 10.9 Å². The van der Waals surface area contributed by atoms with Crippen LogP contribution >= 0.6 is 24.0 Å². The maximum absolute atomic E-state index is 4.83. The van der Waals surface area contributed by atoms with Gasteiger partial charge in [-0.2, -0.15) is 5.10 Å². The second-order valence-corrected chi connectivity index (χ2v) is 8.04. The molecule has 31 heavy (non-hydrogen) atoms. The summed E-state index contributed by atoms with van der Waals surface area (Å²) in [6.45, 7) is 12.3. The summed E-state index contributed by atoms with van der Waals surface area (Å²) in [6, 6.07) is 6.82. The molecule has 0 aliphatic rings.